The predicted molar refractivity (Wildman–Crippen MR) is 150 cm³/mol. The van der Waals surface area contributed by atoms with Crippen molar-refractivity contribution in [1.82, 2.24) is 0 Å². The number of benzene rings is 3. The van der Waals surface area contributed by atoms with Gasteiger partial charge in [0, 0.05) is 17.5 Å². The topological polar surface area (TPSA) is 99.1 Å². The van der Waals surface area contributed by atoms with Crippen LogP contribution in [0.4, 0.5) is 0 Å². The molecule has 0 aliphatic heterocycles. The maximum absolute atomic E-state index is 13.2. The highest BCUT2D eigenvalue weighted by Crippen LogP contribution is 2.24. The Hall–Kier alpha value is -4.39. The van der Waals surface area contributed by atoms with Crippen molar-refractivity contribution in [2.24, 2.45) is 0 Å². The molecular formula is C32H34O7. The van der Waals surface area contributed by atoms with Crippen molar-refractivity contribution in [3.05, 3.63) is 101 Å². The Morgan fingerprint density at radius 1 is 0.897 bits per heavy atom. The van der Waals surface area contributed by atoms with Gasteiger partial charge in [0.25, 0.3) is 0 Å². The van der Waals surface area contributed by atoms with Crippen molar-refractivity contribution in [2.75, 3.05) is 20.3 Å². The molecule has 0 aliphatic rings. The quantitative estimate of drug-likeness (QED) is 0.138. The van der Waals surface area contributed by atoms with Crippen molar-refractivity contribution in [2.45, 2.75) is 39.0 Å². The number of unbranched alkanes of at least 4 members (excludes halogenated alkanes) is 2. The average molecular weight is 531 g/mol. The van der Waals surface area contributed by atoms with E-state index in [0.29, 0.717) is 34.6 Å². The van der Waals surface area contributed by atoms with Gasteiger partial charge in [-0.3, -0.25) is 9.59 Å². The molecule has 3 aromatic carbocycles. The number of carbonyl (C=O) groups excluding carboxylic acids is 2. The maximum atomic E-state index is 13.2. The Balaban J connectivity index is 1.60. The van der Waals surface area contributed by atoms with E-state index >= 15 is 0 Å². The summed E-state index contributed by atoms with van der Waals surface area (Å²) in [5.41, 5.74) is 2.81. The van der Waals surface area contributed by atoms with E-state index in [1.807, 2.05) is 24.3 Å². The number of esters is 1. The second-order valence-corrected chi connectivity index (χ2v) is 8.87. The number of methoxy groups -OCH3 is 1. The third-order valence-electron chi connectivity index (χ3n) is 6.02. The SMILES string of the molecule is CCOC(=O)c1cccc(C(=O)c2ccc(OCCCCC=Cc3ccc(OC)cc3)c(CCC(=O)O)c2)c1. The number of allylic oxidation sites excluding steroid dienone is 1. The van der Waals surface area contributed by atoms with Crippen molar-refractivity contribution in [1.29, 1.82) is 0 Å². The number of rotatable bonds is 15. The molecule has 3 rings (SSSR count). The van der Waals surface area contributed by atoms with E-state index in [0.717, 1.165) is 30.6 Å². The third-order valence-corrected chi connectivity index (χ3v) is 6.02. The van der Waals surface area contributed by atoms with Gasteiger partial charge in [-0.05, 0) is 86.2 Å². The summed E-state index contributed by atoms with van der Waals surface area (Å²) < 4.78 is 16.2. The Bertz CT molecular complexity index is 1290. The van der Waals surface area contributed by atoms with E-state index in [4.69, 9.17) is 14.2 Å². The molecule has 0 unspecified atom stereocenters. The second kappa shape index (κ2) is 15.1. The van der Waals surface area contributed by atoms with E-state index < -0.39 is 11.9 Å². The van der Waals surface area contributed by atoms with Crippen LogP contribution in [0.5, 0.6) is 11.5 Å². The number of ether oxygens (including phenoxy) is 3. The molecule has 3 aromatic rings. The molecule has 0 saturated heterocycles. The minimum atomic E-state index is -0.927. The molecule has 0 aliphatic carbocycles. The fourth-order valence-corrected chi connectivity index (χ4v) is 3.95. The number of ketones is 1. The molecular weight excluding hydrogens is 496 g/mol. The van der Waals surface area contributed by atoms with Gasteiger partial charge in [0.1, 0.15) is 11.5 Å². The standard InChI is InChI=1S/C32H34O7/c1-3-38-32(36)27-11-8-10-25(22-27)31(35)26-14-18-29(24(21-26)15-19-30(33)34)39-20-7-5-4-6-9-23-12-16-28(37-2)17-13-23/h6,8-14,16-18,21-22H,3-5,7,15,19-20H2,1-2H3,(H,33,34). The van der Waals surface area contributed by atoms with Crippen LogP contribution in [0.3, 0.4) is 0 Å². The predicted octanol–water partition coefficient (Wildman–Crippen LogP) is 6.38. The van der Waals surface area contributed by atoms with Gasteiger partial charge in [-0.25, -0.2) is 4.79 Å². The fourth-order valence-electron chi connectivity index (χ4n) is 3.95. The van der Waals surface area contributed by atoms with E-state index in [2.05, 4.69) is 12.2 Å². The molecule has 1 N–H and O–H groups in total. The normalized spacial score (nSPS) is 10.8. The molecule has 0 fully saturated rings. The lowest BCUT2D eigenvalue weighted by molar-refractivity contribution is -0.136. The zero-order valence-electron chi connectivity index (χ0n) is 22.4. The minimum Gasteiger partial charge on any atom is -0.497 e. The largest absolute Gasteiger partial charge is 0.497 e. The molecule has 0 saturated carbocycles. The number of carbonyl (C=O) groups is 3. The highest BCUT2D eigenvalue weighted by Gasteiger charge is 2.16. The molecule has 0 atom stereocenters. The fraction of sp³-hybridized carbons (Fsp3) is 0.281. The van der Waals surface area contributed by atoms with Crippen molar-refractivity contribution >= 4 is 23.8 Å². The Morgan fingerprint density at radius 3 is 2.36 bits per heavy atom. The van der Waals surface area contributed by atoms with Crippen LogP contribution in [0.25, 0.3) is 6.08 Å². The molecule has 0 heterocycles. The molecule has 204 valence electrons. The van der Waals surface area contributed by atoms with Crippen LogP contribution < -0.4 is 9.47 Å². The second-order valence-electron chi connectivity index (χ2n) is 8.87. The highest BCUT2D eigenvalue weighted by atomic mass is 16.5. The van der Waals surface area contributed by atoms with Gasteiger partial charge in [-0.15, -0.1) is 0 Å². The molecule has 0 aromatic heterocycles. The van der Waals surface area contributed by atoms with E-state index in [-0.39, 0.29) is 25.2 Å². The molecule has 39 heavy (non-hydrogen) atoms. The summed E-state index contributed by atoms with van der Waals surface area (Å²) >= 11 is 0. The summed E-state index contributed by atoms with van der Waals surface area (Å²) in [5, 5.41) is 9.19. The van der Waals surface area contributed by atoms with Gasteiger partial charge in [0.05, 0.1) is 25.9 Å². The van der Waals surface area contributed by atoms with Gasteiger partial charge in [0.2, 0.25) is 0 Å². The number of carboxylic acids is 1. The van der Waals surface area contributed by atoms with Crippen LogP contribution >= 0.6 is 0 Å². The first-order valence-electron chi connectivity index (χ1n) is 13.0. The van der Waals surface area contributed by atoms with Crippen LogP contribution in [-0.4, -0.2) is 43.2 Å². The number of hydrogen-bond acceptors (Lipinski definition) is 6. The summed E-state index contributed by atoms with van der Waals surface area (Å²) in [6.45, 7) is 2.44. The van der Waals surface area contributed by atoms with Crippen LogP contribution in [0.2, 0.25) is 0 Å². The molecule has 7 nitrogen and oxygen atoms in total. The smallest absolute Gasteiger partial charge is 0.338 e. The maximum Gasteiger partial charge on any atom is 0.338 e. The number of aliphatic carboxylic acids is 1. The van der Waals surface area contributed by atoms with Crippen LogP contribution in [0.1, 0.15) is 70.0 Å². The van der Waals surface area contributed by atoms with Crippen molar-refractivity contribution in [3.8, 4) is 11.5 Å². The average Bonchev–Trinajstić information content (AvgIpc) is 2.96. The lowest BCUT2D eigenvalue weighted by Gasteiger charge is -2.13. The number of carboxylic acid groups (broad SMARTS) is 1. The molecule has 0 bridgehead atoms. The Morgan fingerprint density at radius 2 is 1.64 bits per heavy atom. The van der Waals surface area contributed by atoms with Gasteiger partial charge in [-0.2, -0.15) is 0 Å². The zero-order chi connectivity index (χ0) is 28.0. The molecule has 0 spiro atoms. The van der Waals surface area contributed by atoms with E-state index in [1.165, 1.54) is 6.07 Å². The van der Waals surface area contributed by atoms with Gasteiger partial charge in [-0.1, -0.05) is 36.4 Å². The summed E-state index contributed by atoms with van der Waals surface area (Å²) in [4.78, 5) is 36.4. The first-order valence-corrected chi connectivity index (χ1v) is 13.0. The van der Waals surface area contributed by atoms with Crippen molar-refractivity contribution in [3.63, 3.8) is 0 Å². The summed E-state index contributed by atoms with van der Waals surface area (Å²) in [7, 11) is 1.64. The van der Waals surface area contributed by atoms with Crippen LogP contribution in [0.15, 0.2) is 72.8 Å². The van der Waals surface area contributed by atoms with Gasteiger partial charge < -0.3 is 19.3 Å². The summed E-state index contributed by atoms with van der Waals surface area (Å²) in [5.74, 6) is -0.292. The van der Waals surface area contributed by atoms with E-state index in [9.17, 15) is 19.5 Å². The lowest BCUT2D eigenvalue weighted by Crippen LogP contribution is -2.09. The third kappa shape index (κ3) is 9.14. The lowest BCUT2D eigenvalue weighted by atomic mass is 9.98. The summed E-state index contributed by atoms with van der Waals surface area (Å²) in [6.07, 6.45) is 7.01. The molecule has 7 heteroatoms. The van der Waals surface area contributed by atoms with E-state index in [1.54, 1.807) is 50.4 Å². The van der Waals surface area contributed by atoms with Crippen LogP contribution in [-0.2, 0) is 16.0 Å². The van der Waals surface area contributed by atoms with Crippen molar-refractivity contribution < 1.29 is 33.7 Å². The summed E-state index contributed by atoms with van der Waals surface area (Å²) in [6, 6.07) is 19.3. The highest BCUT2D eigenvalue weighted by molar-refractivity contribution is 6.10. The Labute approximate surface area is 229 Å². The van der Waals surface area contributed by atoms with Crippen LogP contribution in [0, 0.1) is 0 Å². The molecule has 0 radical (unpaired) electrons. The van der Waals surface area contributed by atoms with Gasteiger partial charge in [0.15, 0.2) is 5.78 Å². The molecule has 0 amide bonds. The first-order chi connectivity index (χ1) is 18.9. The number of hydrogen-bond donors (Lipinski definition) is 1. The Kier molecular flexibility index (Phi) is 11.3. The zero-order valence-corrected chi connectivity index (χ0v) is 22.4. The first kappa shape index (κ1) is 29.2. The van der Waals surface area contributed by atoms with Gasteiger partial charge >= 0.3 is 11.9 Å². The number of aryl methyl sites for hydroxylation is 1. The minimum absolute atomic E-state index is 0.0809. The monoisotopic (exact) mass is 530 g/mol.